The first kappa shape index (κ1) is 14.5. The van der Waals surface area contributed by atoms with Crippen LogP contribution in [0.2, 0.25) is 0 Å². The maximum Gasteiger partial charge on any atom is 0.129 e. The minimum absolute atomic E-state index is 0.0637. The lowest BCUT2D eigenvalue weighted by Crippen LogP contribution is -2.34. The molecule has 6 heteroatoms. The van der Waals surface area contributed by atoms with Crippen LogP contribution in [-0.4, -0.2) is 31.2 Å². The van der Waals surface area contributed by atoms with Crippen molar-refractivity contribution >= 4 is 0 Å². The van der Waals surface area contributed by atoms with Crippen LogP contribution in [0.3, 0.4) is 0 Å². The third-order valence-electron chi connectivity index (χ3n) is 3.50. The van der Waals surface area contributed by atoms with E-state index < -0.39 is 0 Å². The number of imidazole rings is 1. The molecule has 0 amide bonds. The molecule has 3 aromatic heterocycles. The summed E-state index contributed by atoms with van der Waals surface area (Å²) in [5.41, 5.74) is 3.08. The van der Waals surface area contributed by atoms with Crippen molar-refractivity contribution in [2.45, 2.75) is 32.4 Å². The smallest absolute Gasteiger partial charge is 0.129 e. The molecule has 0 unspecified atom stereocenters. The number of rotatable bonds is 6. The van der Waals surface area contributed by atoms with Gasteiger partial charge in [-0.05, 0) is 32.0 Å². The Morgan fingerprint density at radius 3 is 2.77 bits per heavy atom. The Morgan fingerprint density at radius 2 is 2.14 bits per heavy atom. The number of aromatic nitrogens is 5. The largest absolute Gasteiger partial charge is 0.347 e. The van der Waals surface area contributed by atoms with E-state index in [1.807, 2.05) is 31.3 Å². The number of pyridine rings is 1. The molecule has 0 fully saturated rings. The van der Waals surface area contributed by atoms with Crippen LogP contribution < -0.4 is 5.32 Å². The maximum absolute atomic E-state index is 4.45. The molecule has 0 saturated heterocycles. The summed E-state index contributed by atoms with van der Waals surface area (Å²) in [5.74, 6) is 0.865. The van der Waals surface area contributed by atoms with Crippen molar-refractivity contribution in [1.82, 2.24) is 30.5 Å². The van der Waals surface area contributed by atoms with E-state index in [2.05, 4.69) is 43.5 Å². The van der Waals surface area contributed by atoms with Gasteiger partial charge in [0.2, 0.25) is 0 Å². The van der Waals surface area contributed by atoms with Crippen molar-refractivity contribution in [1.29, 1.82) is 0 Å². The number of aryl methyl sites for hydroxylation is 1. The van der Waals surface area contributed by atoms with Crippen LogP contribution in [0, 0.1) is 6.92 Å². The number of hydrogen-bond acceptors (Lipinski definition) is 4. The average Bonchev–Trinajstić information content (AvgIpc) is 3.18. The fourth-order valence-corrected chi connectivity index (χ4v) is 2.52. The first-order chi connectivity index (χ1) is 10.7. The molecule has 0 aliphatic heterocycles. The molecule has 3 heterocycles. The highest BCUT2D eigenvalue weighted by Crippen LogP contribution is 2.18. The predicted molar refractivity (Wildman–Crippen MR) is 84.3 cm³/mol. The van der Waals surface area contributed by atoms with Gasteiger partial charge in [0.15, 0.2) is 0 Å². The summed E-state index contributed by atoms with van der Waals surface area (Å²) in [4.78, 5) is 12.0. The highest BCUT2D eigenvalue weighted by molar-refractivity contribution is 5.18. The molecule has 3 N–H and O–H groups in total. The average molecular weight is 296 g/mol. The lowest BCUT2D eigenvalue weighted by molar-refractivity contribution is 0.473. The van der Waals surface area contributed by atoms with Crippen molar-refractivity contribution in [2.24, 2.45) is 0 Å². The summed E-state index contributed by atoms with van der Waals surface area (Å²) in [7, 11) is 0. The van der Waals surface area contributed by atoms with Gasteiger partial charge in [-0.1, -0.05) is 6.07 Å². The van der Waals surface area contributed by atoms with Crippen LogP contribution in [0.25, 0.3) is 0 Å². The van der Waals surface area contributed by atoms with Gasteiger partial charge >= 0.3 is 0 Å². The number of nitrogens with one attached hydrogen (secondary N) is 3. The Bertz CT molecular complexity index is 689. The van der Waals surface area contributed by atoms with Crippen LogP contribution in [-0.2, 0) is 6.42 Å². The van der Waals surface area contributed by atoms with Crippen LogP contribution in [0.1, 0.15) is 35.9 Å². The molecule has 0 spiro atoms. The van der Waals surface area contributed by atoms with Crippen molar-refractivity contribution in [3.8, 4) is 0 Å². The second-order valence-electron chi connectivity index (χ2n) is 5.48. The molecule has 2 atom stereocenters. The minimum atomic E-state index is -0.0637. The van der Waals surface area contributed by atoms with Gasteiger partial charge in [-0.2, -0.15) is 5.10 Å². The zero-order valence-corrected chi connectivity index (χ0v) is 12.7. The molecule has 114 valence electrons. The van der Waals surface area contributed by atoms with E-state index in [0.717, 1.165) is 29.3 Å². The molecule has 3 aromatic rings. The third-order valence-corrected chi connectivity index (χ3v) is 3.50. The fourth-order valence-electron chi connectivity index (χ4n) is 2.52. The van der Waals surface area contributed by atoms with Crippen LogP contribution >= 0.6 is 0 Å². The maximum atomic E-state index is 4.45. The van der Waals surface area contributed by atoms with E-state index in [0.29, 0.717) is 0 Å². The second kappa shape index (κ2) is 6.53. The Balaban J connectivity index is 1.75. The van der Waals surface area contributed by atoms with Crippen molar-refractivity contribution in [2.75, 3.05) is 0 Å². The van der Waals surface area contributed by atoms with E-state index in [1.54, 1.807) is 12.4 Å². The van der Waals surface area contributed by atoms with E-state index >= 15 is 0 Å². The highest BCUT2D eigenvalue weighted by Gasteiger charge is 2.20. The molecule has 0 bridgehead atoms. The van der Waals surface area contributed by atoms with Crippen LogP contribution in [0.15, 0.2) is 42.9 Å². The number of hydrogen-bond donors (Lipinski definition) is 3. The molecule has 0 aliphatic rings. The Hall–Kier alpha value is -2.47. The summed E-state index contributed by atoms with van der Waals surface area (Å²) in [6, 6.07) is 8.15. The molecule has 0 aromatic carbocycles. The van der Waals surface area contributed by atoms with E-state index in [1.165, 1.54) is 0 Å². The Labute approximate surface area is 129 Å². The van der Waals surface area contributed by atoms with Gasteiger partial charge in [-0.25, -0.2) is 4.98 Å². The molecule has 6 nitrogen and oxygen atoms in total. The Kier molecular flexibility index (Phi) is 4.29. The summed E-state index contributed by atoms with van der Waals surface area (Å²) < 4.78 is 0. The summed E-state index contributed by atoms with van der Waals surface area (Å²) in [6.45, 7) is 4.15. The first-order valence-electron chi connectivity index (χ1n) is 7.39. The van der Waals surface area contributed by atoms with Crippen LogP contribution in [0.5, 0.6) is 0 Å². The lowest BCUT2D eigenvalue weighted by Gasteiger charge is -2.21. The van der Waals surface area contributed by atoms with Crippen LogP contribution in [0.4, 0.5) is 0 Å². The first-order valence-corrected chi connectivity index (χ1v) is 7.39. The molecule has 0 aliphatic carbocycles. The van der Waals surface area contributed by atoms with Gasteiger partial charge in [0, 0.05) is 36.7 Å². The topological polar surface area (TPSA) is 82.3 Å². The number of aromatic amines is 2. The second-order valence-corrected chi connectivity index (χ2v) is 5.48. The summed E-state index contributed by atoms with van der Waals surface area (Å²) in [6.07, 6.45) is 6.23. The highest BCUT2D eigenvalue weighted by atomic mass is 15.1. The van der Waals surface area contributed by atoms with Gasteiger partial charge in [-0.3, -0.25) is 15.4 Å². The van der Waals surface area contributed by atoms with Crippen molar-refractivity contribution < 1.29 is 0 Å². The molecular weight excluding hydrogens is 276 g/mol. The molecule has 0 saturated carbocycles. The number of nitrogens with zero attached hydrogens (tertiary/aromatic N) is 3. The lowest BCUT2D eigenvalue weighted by atomic mass is 10.1. The molecule has 3 rings (SSSR count). The van der Waals surface area contributed by atoms with Gasteiger partial charge in [0.1, 0.15) is 11.9 Å². The van der Waals surface area contributed by atoms with Gasteiger partial charge in [0.25, 0.3) is 0 Å². The fraction of sp³-hybridized carbons (Fsp3) is 0.312. The predicted octanol–water partition coefficient (Wildman–Crippen LogP) is 2.15. The van der Waals surface area contributed by atoms with E-state index in [9.17, 15) is 0 Å². The summed E-state index contributed by atoms with van der Waals surface area (Å²) >= 11 is 0. The molecule has 0 radical (unpaired) electrons. The normalized spacial score (nSPS) is 13.9. The summed E-state index contributed by atoms with van der Waals surface area (Å²) in [5, 5.41) is 10.9. The monoisotopic (exact) mass is 296 g/mol. The molecule has 22 heavy (non-hydrogen) atoms. The Morgan fingerprint density at radius 1 is 1.23 bits per heavy atom. The standard InChI is InChI=1S/C16H20N6/c1-11(9-13-10-12(2)21-22-13)20-15(16-18-7-8-19-16)14-5-3-4-6-17-14/h3-8,10-11,15,20H,9H2,1-2H3,(H,18,19)(H,21,22)/t11-,15+/m0/s1. The number of H-pyrrole nitrogens is 2. The zero-order valence-electron chi connectivity index (χ0n) is 12.7. The van der Waals surface area contributed by atoms with Gasteiger partial charge in [0.05, 0.1) is 11.4 Å². The van der Waals surface area contributed by atoms with Gasteiger partial charge in [-0.15, -0.1) is 0 Å². The van der Waals surface area contributed by atoms with Crippen molar-refractivity contribution in [3.63, 3.8) is 0 Å². The third kappa shape index (κ3) is 3.40. The van der Waals surface area contributed by atoms with E-state index in [-0.39, 0.29) is 12.1 Å². The minimum Gasteiger partial charge on any atom is -0.347 e. The van der Waals surface area contributed by atoms with Gasteiger partial charge < -0.3 is 4.98 Å². The quantitative estimate of drug-likeness (QED) is 0.651. The zero-order chi connectivity index (χ0) is 15.4. The van der Waals surface area contributed by atoms with E-state index in [4.69, 9.17) is 0 Å². The molecular formula is C16H20N6. The SMILES string of the molecule is Cc1cc(C[C@H](C)N[C@H](c2ccccn2)c2ncc[nH]2)n[nH]1. The van der Waals surface area contributed by atoms with Crippen molar-refractivity contribution in [3.05, 3.63) is 65.8 Å².